The number of halogens is 1. The molecule has 0 aromatic heterocycles. The van der Waals surface area contributed by atoms with E-state index in [9.17, 15) is 0 Å². The number of rotatable bonds is 5. The molecule has 0 radical (unpaired) electrons. The molecule has 0 bridgehead atoms. The summed E-state index contributed by atoms with van der Waals surface area (Å²) in [5.41, 5.74) is 0.728. The van der Waals surface area contributed by atoms with E-state index in [0.29, 0.717) is 12.5 Å². The lowest BCUT2D eigenvalue weighted by Gasteiger charge is -2.28. The van der Waals surface area contributed by atoms with Gasteiger partial charge in [0.1, 0.15) is 0 Å². The third-order valence-corrected chi connectivity index (χ3v) is 6.23. The summed E-state index contributed by atoms with van der Waals surface area (Å²) >= 11 is 5.55. The predicted octanol–water partition coefficient (Wildman–Crippen LogP) is 3.25. The SMILES string of the molecule is CCC(C)[Si](C)(C)OCCCl. The lowest BCUT2D eigenvalue weighted by molar-refractivity contribution is 0.322. The van der Waals surface area contributed by atoms with Crippen LogP contribution in [-0.4, -0.2) is 20.8 Å². The summed E-state index contributed by atoms with van der Waals surface area (Å²) in [4.78, 5) is 0. The Kier molecular flexibility index (Phi) is 5.39. The molecular weight excluding hydrogens is 176 g/mol. The highest BCUT2D eigenvalue weighted by Crippen LogP contribution is 2.25. The Bertz CT molecular complexity index is 106. The third-order valence-electron chi connectivity index (χ3n) is 2.35. The van der Waals surface area contributed by atoms with Gasteiger partial charge in [0.25, 0.3) is 0 Å². The van der Waals surface area contributed by atoms with Crippen molar-refractivity contribution in [3.8, 4) is 0 Å². The topological polar surface area (TPSA) is 9.23 Å². The molecule has 0 aromatic carbocycles. The number of alkyl halides is 1. The van der Waals surface area contributed by atoms with Gasteiger partial charge in [-0.25, -0.2) is 0 Å². The van der Waals surface area contributed by atoms with Crippen LogP contribution in [0.1, 0.15) is 20.3 Å². The van der Waals surface area contributed by atoms with Crippen LogP contribution in [0.2, 0.25) is 18.6 Å². The minimum absolute atomic E-state index is 0.618. The first kappa shape index (κ1) is 11.5. The second kappa shape index (κ2) is 5.17. The van der Waals surface area contributed by atoms with Crippen LogP contribution >= 0.6 is 11.6 Å². The molecule has 3 heteroatoms. The van der Waals surface area contributed by atoms with Gasteiger partial charge >= 0.3 is 0 Å². The Morgan fingerprint density at radius 3 is 2.36 bits per heavy atom. The highest BCUT2D eigenvalue weighted by Gasteiger charge is 2.28. The van der Waals surface area contributed by atoms with Gasteiger partial charge in [0.2, 0.25) is 0 Å². The summed E-state index contributed by atoms with van der Waals surface area (Å²) in [6.07, 6.45) is 1.21. The summed E-state index contributed by atoms with van der Waals surface area (Å²) in [6.45, 7) is 9.70. The molecule has 0 aromatic rings. The van der Waals surface area contributed by atoms with E-state index in [2.05, 4.69) is 26.9 Å². The monoisotopic (exact) mass is 194 g/mol. The average molecular weight is 195 g/mol. The molecular formula is C8H19ClOSi. The molecule has 0 aliphatic carbocycles. The lowest BCUT2D eigenvalue weighted by Crippen LogP contribution is -2.35. The lowest BCUT2D eigenvalue weighted by atomic mass is 10.4. The zero-order valence-electron chi connectivity index (χ0n) is 7.98. The van der Waals surface area contributed by atoms with Crippen molar-refractivity contribution in [1.29, 1.82) is 0 Å². The molecule has 0 aliphatic heterocycles. The molecule has 1 atom stereocenters. The summed E-state index contributed by atoms with van der Waals surface area (Å²) in [5.74, 6) is 0.618. The Balaban J connectivity index is 3.77. The molecule has 0 heterocycles. The largest absolute Gasteiger partial charge is 0.416 e. The van der Waals surface area contributed by atoms with E-state index < -0.39 is 8.32 Å². The van der Waals surface area contributed by atoms with Crippen LogP contribution < -0.4 is 0 Å². The minimum Gasteiger partial charge on any atom is -0.416 e. The van der Waals surface area contributed by atoms with E-state index in [4.69, 9.17) is 16.0 Å². The van der Waals surface area contributed by atoms with Crippen molar-refractivity contribution in [3.63, 3.8) is 0 Å². The van der Waals surface area contributed by atoms with Crippen LogP contribution in [0.25, 0.3) is 0 Å². The summed E-state index contributed by atoms with van der Waals surface area (Å²) in [6, 6.07) is 0. The molecule has 0 saturated heterocycles. The molecule has 1 unspecified atom stereocenters. The Morgan fingerprint density at radius 2 is 2.00 bits per heavy atom. The maximum absolute atomic E-state index is 5.74. The van der Waals surface area contributed by atoms with Crippen molar-refractivity contribution in [2.24, 2.45) is 0 Å². The smallest absolute Gasteiger partial charge is 0.189 e. The normalized spacial score (nSPS) is 15.0. The van der Waals surface area contributed by atoms with Crippen molar-refractivity contribution in [2.45, 2.75) is 38.9 Å². The van der Waals surface area contributed by atoms with Crippen molar-refractivity contribution >= 4 is 19.9 Å². The van der Waals surface area contributed by atoms with E-state index in [1.165, 1.54) is 6.42 Å². The van der Waals surface area contributed by atoms with Gasteiger partial charge in [0.05, 0.1) is 0 Å². The van der Waals surface area contributed by atoms with Crippen LogP contribution in [-0.2, 0) is 4.43 Å². The van der Waals surface area contributed by atoms with Crippen LogP contribution in [0.4, 0.5) is 0 Å². The molecule has 68 valence electrons. The van der Waals surface area contributed by atoms with E-state index in [0.717, 1.165) is 5.54 Å². The number of hydrogen-bond acceptors (Lipinski definition) is 1. The Morgan fingerprint density at radius 1 is 1.45 bits per heavy atom. The van der Waals surface area contributed by atoms with Gasteiger partial charge < -0.3 is 4.43 Å². The highest BCUT2D eigenvalue weighted by atomic mass is 35.5. The second-order valence-corrected chi connectivity index (χ2v) is 8.31. The first-order valence-electron chi connectivity index (χ1n) is 4.24. The van der Waals surface area contributed by atoms with Gasteiger partial charge in [-0.3, -0.25) is 0 Å². The average Bonchev–Trinajstić information content (AvgIpc) is 1.99. The maximum Gasteiger partial charge on any atom is 0.189 e. The molecule has 1 nitrogen and oxygen atoms in total. The molecule has 0 fully saturated rings. The van der Waals surface area contributed by atoms with Gasteiger partial charge in [-0.15, -0.1) is 11.6 Å². The molecule has 0 amide bonds. The Labute approximate surface area is 76.2 Å². The van der Waals surface area contributed by atoms with Gasteiger partial charge in [-0.1, -0.05) is 20.3 Å². The van der Waals surface area contributed by atoms with E-state index in [-0.39, 0.29) is 0 Å². The molecule has 11 heavy (non-hydrogen) atoms. The summed E-state index contributed by atoms with van der Waals surface area (Å²) < 4.78 is 5.74. The van der Waals surface area contributed by atoms with Crippen molar-refractivity contribution in [2.75, 3.05) is 12.5 Å². The van der Waals surface area contributed by atoms with Gasteiger partial charge in [-0.05, 0) is 18.6 Å². The van der Waals surface area contributed by atoms with E-state index in [1.54, 1.807) is 0 Å². The van der Waals surface area contributed by atoms with Crippen molar-refractivity contribution in [1.82, 2.24) is 0 Å². The quantitative estimate of drug-likeness (QED) is 0.483. The maximum atomic E-state index is 5.74. The first-order valence-corrected chi connectivity index (χ1v) is 7.76. The highest BCUT2D eigenvalue weighted by molar-refractivity contribution is 6.72. The second-order valence-electron chi connectivity index (χ2n) is 3.45. The fraction of sp³-hybridized carbons (Fsp3) is 1.00. The van der Waals surface area contributed by atoms with Crippen LogP contribution in [0.3, 0.4) is 0 Å². The summed E-state index contributed by atoms with van der Waals surface area (Å²) in [5, 5.41) is 0. The zero-order valence-corrected chi connectivity index (χ0v) is 9.74. The fourth-order valence-electron chi connectivity index (χ4n) is 0.935. The fourth-order valence-corrected chi connectivity index (χ4v) is 3.04. The van der Waals surface area contributed by atoms with Gasteiger partial charge in [-0.2, -0.15) is 0 Å². The van der Waals surface area contributed by atoms with Crippen LogP contribution in [0, 0.1) is 0 Å². The molecule has 0 saturated carbocycles. The van der Waals surface area contributed by atoms with Crippen molar-refractivity contribution < 1.29 is 4.43 Å². The molecule has 0 rings (SSSR count). The van der Waals surface area contributed by atoms with Crippen LogP contribution in [0.15, 0.2) is 0 Å². The summed E-state index contributed by atoms with van der Waals surface area (Å²) in [7, 11) is -1.41. The predicted molar refractivity (Wildman–Crippen MR) is 53.9 cm³/mol. The van der Waals surface area contributed by atoms with Gasteiger partial charge in [0, 0.05) is 12.5 Å². The Hall–Kier alpha value is 0.467. The minimum atomic E-state index is -1.41. The van der Waals surface area contributed by atoms with Crippen molar-refractivity contribution in [3.05, 3.63) is 0 Å². The van der Waals surface area contributed by atoms with Crippen LogP contribution in [0.5, 0.6) is 0 Å². The number of hydrogen-bond donors (Lipinski definition) is 0. The third kappa shape index (κ3) is 4.14. The standard InChI is InChI=1S/C8H19ClOSi/c1-5-8(2)11(3,4)10-7-6-9/h8H,5-7H2,1-4H3. The van der Waals surface area contributed by atoms with Gasteiger partial charge in [0.15, 0.2) is 8.32 Å². The molecule has 0 N–H and O–H groups in total. The molecule has 0 aliphatic rings. The van der Waals surface area contributed by atoms with E-state index >= 15 is 0 Å². The first-order chi connectivity index (χ1) is 5.04. The van der Waals surface area contributed by atoms with E-state index in [1.807, 2.05) is 0 Å². The molecule has 0 spiro atoms. The zero-order chi connectivity index (χ0) is 8.91.